The number of benzene rings is 3. The number of anilines is 2. The summed E-state index contributed by atoms with van der Waals surface area (Å²) in [5.41, 5.74) is 2.66. The van der Waals surface area contributed by atoms with Gasteiger partial charge in [0.25, 0.3) is 5.91 Å². The van der Waals surface area contributed by atoms with Crippen molar-refractivity contribution < 1.29 is 23.5 Å². The van der Waals surface area contributed by atoms with E-state index in [1.165, 1.54) is 48.4 Å². The van der Waals surface area contributed by atoms with Crippen molar-refractivity contribution in [3.05, 3.63) is 112 Å². The van der Waals surface area contributed by atoms with Gasteiger partial charge in [0.05, 0.1) is 18.2 Å². The number of rotatable bonds is 8. The Kier molecular flexibility index (Phi) is 9.71. The summed E-state index contributed by atoms with van der Waals surface area (Å²) in [6, 6.07) is 22.3. The molecule has 2 amide bonds. The Morgan fingerprint density at radius 3 is 2.38 bits per heavy atom. The molecule has 4 aromatic rings. The largest absolute Gasteiger partial charge is 0.465 e. The molecule has 2 N–H and O–H groups in total. The van der Waals surface area contributed by atoms with Crippen molar-refractivity contribution in [3.63, 3.8) is 0 Å². The summed E-state index contributed by atoms with van der Waals surface area (Å²) in [7, 11) is 1.36. The molecule has 1 aliphatic carbocycles. The summed E-state index contributed by atoms with van der Waals surface area (Å²) < 4.78 is 19.3. The minimum Gasteiger partial charge on any atom is -0.465 e. The fraction of sp³-hybridized carbons (Fsp3) is 0.242. The number of halogens is 1. The Morgan fingerprint density at radius 2 is 1.62 bits per heavy atom. The molecule has 0 bridgehead atoms. The van der Waals surface area contributed by atoms with Crippen molar-refractivity contribution in [1.29, 1.82) is 0 Å². The minimum absolute atomic E-state index is 0.0523. The fourth-order valence-corrected chi connectivity index (χ4v) is 7.39. The highest BCUT2D eigenvalue weighted by atomic mass is 32.2. The molecule has 0 saturated carbocycles. The molecule has 42 heavy (non-hydrogen) atoms. The number of carbonyl (C=O) groups excluding carboxylic acids is 3. The lowest BCUT2D eigenvalue weighted by molar-refractivity contribution is -0.115. The molecule has 1 unspecified atom stereocenters. The molecule has 0 spiro atoms. The number of thiophene rings is 1. The number of hydrogen-bond donors (Lipinski definition) is 2. The first-order valence-electron chi connectivity index (χ1n) is 13.9. The maximum atomic E-state index is 14.1. The second-order valence-electron chi connectivity index (χ2n) is 9.97. The Balaban J connectivity index is 1.41. The van der Waals surface area contributed by atoms with Crippen LogP contribution >= 0.6 is 23.1 Å². The molecule has 0 aliphatic heterocycles. The van der Waals surface area contributed by atoms with E-state index >= 15 is 0 Å². The van der Waals surface area contributed by atoms with Crippen molar-refractivity contribution in [3.8, 4) is 0 Å². The maximum absolute atomic E-state index is 14.1. The van der Waals surface area contributed by atoms with E-state index in [-0.39, 0.29) is 11.5 Å². The molecule has 3 aromatic carbocycles. The van der Waals surface area contributed by atoms with Crippen molar-refractivity contribution >= 4 is 51.6 Å². The highest BCUT2D eigenvalue weighted by Gasteiger charge is 2.29. The predicted molar refractivity (Wildman–Crippen MR) is 166 cm³/mol. The summed E-state index contributed by atoms with van der Waals surface area (Å²) in [5.74, 6) is -1.87. The van der Waals surface area contributed by atoms with Crippen LogP contribution in [-0.2, 0) is 22.4 Å². The number of fused-ring (bicyclic) bond motifs is 1. The van der Waals surface area contributed by atoms with E-state index in [0.717, 1.165) is 59.4 Å². The van der Waals surface area contributed by atoms with Crippen LogP contribution in [-0.4, -0.2) is 24.9 Å². The summed E-state index contributed by atoms with van der Waals surface area (Å²) in [4.78, 5) is 41.4. The van der Waals surface area contributed by atoms with E-state index < -0.39 is 22.9 Å². The molecular formula is C33H31FN2O4S2. The lowest BCUT2D eigenvalue weighted by Crippen LogP contribution is -2.20. The standard InChI is InChI=1S/C33H31FN2O4S2/c1-40-33(39)28-25-17-7-2-3-8-19-27(25)42-32(28)36-31(38)29(21-12-5-4-6-13-21)41-23-15-11-14-22(20-23)35-30(37)24-16-9-10-18-26(24)34/h4-6,9-16,18,20,29H,2-3,7-8,17,19H2,1H3,(H,35,37)(H,36,38). The van der Waals surface area contributed by atoms with Crippen LogP contribution in [0, 0.1) is 5.82 Å². The van der Waals surface area contributed by atoms with E-state index in [1.54, 1.807) is 24.3 Å². The van der Waals surface area contributed by atoms with Gasteiger partial charge in [-0.3, -0.25) is 9.59 Å². The Labute approximate surface area is 252 Å². The molecular weight excluding hydrogens is 572 g/mol. The van der Waals surface area contributed by atoms with Gasteiger partial charge in [0.15, 0.2) is 0 Å². The van der Waals surface area contributed by atoms with Crippen molar-refractivity contribution in [2.45, 2.75) is 48.7 Å². The third-order valence-electron chi connectivity index (χ3n) is 7.10. The summed E-state index contributed by atoms with van der Waals surface area (Å²) in [5, 5.41) is 5.67. The van der Waals surface area contributed by atoms with Crippen LogP contribution in [0.5, 0.6) is 0 Å². The first kappa shape index (κ1) is 29.5. The zero-order valence-electron chi connectivity index (χ0n) is 23.2. The number of nitrogens with one attached hydrogen (secondary N) is 2. The first-order valence-corrected chi connectivity index (χ1v) is 15.6. The monoisotopic (exact) mass is 602 g/mol. The number of aryl methyl sites for hydroxylation is 1. The second-order valence-corrected chi connectivity index (χ2v) is 12.3. The predicted octanol–water partition coefficient (Wildman–Crippen LogP) is 8.06. The highest BCUT2D eigenvalue weighted by molar-refractivity contribution is 8.00. The summed E-state index contributed by atoms with van der Waals surface area (Å²) >= 11 is 2.79. The van der Waals surface area contributed by atoms with Gasteiger partial charge in [0, 0.05) is 15.5 Å². The van der Waals surface area contributed by atoms with Gasteiger partial charge in [0.2, 0.25) is 5.91 Å². The van der Waals surface area contributed by atoms with Gasteiger partial charge in [-0.25, -0.2) is 9.18 Å². The Morgan fingerprint density at radius 1 is 0.881 bits per heavy atom. The average Bonchev–Trinajstić information content (AvgIpc) is 3.31. The third-order valence-corrected chi connectivity index (χ3v) is 9.56. The molecule has 5 rings (SSSR count). The van der Waals surface area contributed by atoms with Gasteiger partial charge in [-0.1, -0.05) is 61.4 Å². The topological polar surface area (TPSA) is 84.5 Å². The number of thioether (sulfide) groups is 1. The number of amides is 2. The number of ether oxygens (including phenoxy) is 1. The van der Waals surface area contributed by atoms with Crippen molar-refractivity contribution in [2.24, 2.45) is 0 Å². The third kappa shape index (κ3) is 6.91. The van der Waals surface area contributed by atoms with Gasteiger partial charge in [-0.05, 0) is 67.1 Å². The molecule has 1 atom stereocenters. The fourth-order valence-electron chi connectivity index (χ4n) is 5.03. The van der Waals surface area contributed by atoms with Gasteiger partial charge < -0.3 is 15.4 Å². The maximum Gasteiger partial charge on any atom is 0.341 e. The van der Waals surface area contributed by atoms with Crippen LogP contribution in [0.25, 0.3) is 0 Å². The highest BCUT2D eigenvalue weighted by Crippen LogP contribution is 2.41. The van der Waals surface area contributed by atoms with Crippen LogP contribution < -0.4 is 10.6 Å². The second kappa shape index (κ2) is 13.8. The normalized spacial score (nSPS) is 13.7. The molecule has 6 nitrogen and oxygen atoms in total. The zero-order chi connectivity index (χ0) is 29.5. The summed E-state index contributed by atoms with van der Waals surface area (Å²) in [6.45, 7) is 0. The van der Waals surface area contributed by atoms with Crippen molar-refractivity contribution in [2.75, 3.05) is 17.7 Å². The Bertz CT molecular complexity index is 1590. The first-order chi connectivity index (χ1) is 20.4. The average molecular weight is 603 g/mol. The lowest BCUT2D eigenvalue weighted by atomic mass is 9.96. The molecule has 0 saturated heterocycles. The molecule has 1 aromatic heterocycles. The van der Waals surface area contributed by atoms with Gasteiger partial charge >= 0.3 is 5.97 Å². The quantitative estimate of drug-likeness (QED) is 0.157. The summed E-state index contributed by atoms with van der Waals surface area (Å²) in [6.07, 6.45) is 5.97. The van der Waals surface area contributed by atoms with Gasteiger partial charge in [-0.15, -0.1) is 23.1 Å². The molecule has 1 heterocycles. The van der Waals surface area contributed by atoms with E-state index in [2.05, 4.69) is 10.6 Å². The molecule has 216 valence electrons. The molecule has 0 radical (unpaired) electrons. The van der Waals surface area contributed by atoms with Crippen LogP contribution in [0.3, 0.4) is 0 Å². The van der Waals surface area contributed by atoms with Crippen LogP contribution in [0.1, 0.15) is 67.7 Å². The van der Waals surface area contributed by atoms with Crippen LogP contribution in [0.4, 0.5) is 15.1 Å². The smallest absolute Gasteiger partial charge is 0.341 e. The number of hydrogen-bond acceptors (Lipinski definition) is 6. The molecule has 1 aliphatic rings. The van der Waals surface area contributed by atoms with Crippen LogP contribution in [0.2, 0.25) is 0 Å². The minimum atomic E-state index is -0.654. The van der Waals surface area contributed by atoms with Crippen LogP contribution in [0.15, 0.2) is 83.8 Å². The molecule has 0 fully saturated rings. The molecule has 9 heteroatoms. The van der Waals surface area contributed by atoms with E-state index in [4.69, 9.17) is 4.74 Å². The number of methoxy groups -OCH3 is 1. The zero-order valence-corrected chi connectivity index (χ0v) is 24.8. The number of esters is 1. The Hall–Kier alpha value is -3.95. The van der Waals surface area contributed by atoms with E-state index in [9.17, 15) is 18.8 Å². The van der Waals surface area contributed by atoms with E-state index in [0.29, 0.717) is 16.3 Å². The SMILES string of the molecule is COC(=O)c1c(NC(=O)C(Sc2cccc(NC(=O)c3ccccc3F)c2)c2ccccc2)sc2c1CCCCCC2. The van der Waals surface area contributed by atoms with Gasteiger partial charge in [0.1, 0.15) is 16.1 Å². The lowest BCUT2D eigenvalue weighted by Gasteiger charge is -2.18. The number of carbonyl (C=O) groups is 3. The van der Waals surface area contributed by atoms with Crippen molar-refractivity contribution in [1.82, 2.24) is 0 Å². The van der Waals surface area contributed by atoms with E-state index in [1.807, 2.05) is 36.4 Å². The van der Waals surface area contributed by atoms with Gasteiger partial charge in [-0.2, -0.15) is 0 Å².